The summed E-state index contributed by atoms with van der Waals surface area (Å²) in [5.74, 6) is -0.339. The number of anilines is 1. The van der Waals surface area contributed by atoms with Crippen molar-refractivity contribution in [2.24, 2.45) is 0 Å². The molecule has 29 heavy (non-hydrogen) atoms. The number of nitro groups is 1. The zero-order valence-corrected chi connectivity index (χ0v) is 16.9. The average molecular weight is 430 g/mol. The van der Waals surface area contributed by atoms with Crippen molar-refractivity contribution < 1.29 is 14.5 Å². The van der Waals surface area contributed by atoms with E-state index in [1.165, 1.54) is 41.5 Å². The molecule has 1 aromatic heterocycles. The van der Waals surface area contributed by atoms with E-state index in [0.717, 1.165) is 5.56 Å². The number of thiazole rings is 1. The van der Waals surface area contributed by atoms with Crippen molar-refractivity contribution in [3.05, 3.63) is 81.2 Å². The van der Waals surface area contributed by atoms with Crippen LogP contribution in [0.4, 0.5) is 10.8 Å². The van der Waals surface area contributed by atoms with Crippen LogP contribution < -0.4 is 9.64 Å². The number of hydrogen-bond donors (Lipinski definition) is 0. The number of carbonyl (C=O) groups excluding carboxylic acids is 1. The van der Waals surface area contributed by atoms with Gasteiger partial charge in [-0.05, 0) is 24.3 Å². The van der Waals surface area contributed by atoms with Crippen LogP contribution >= 0.6 is 22.9 Å². The molecule has 3 aromatic rings. The molecule has 0 aliphatic heterocycles. The van der Waals surface area contributed by atoms with Crippen molar-refractivity contribution in [3.63, 3.8) is 0 Å². The van der Waals surface area contributed by atoms with Crippen LogP contribution in [0.25, 0.3) is 11.3 Å². The summed E-state index contributed by atoms with van der Waals surface area (Å²) in [6, 6.07) is 11.3. The average Bonchev–Trinajstić information content (AvgIpc) is 3.21. The molecule has 0 aliphatic rings. The number of rotatable bonds is 7. The fourth-order valence-corrected chi connectivity index (χ4v) is 3.61. The van der Waals surface area contributed by atoms with E-state index >= 15 is 0 Å². The van der Waals surface area contributed by atoms with E-state index in [0.29, 0.717) is 15.8 Å². The van der Waals surface area contributed by atoms with Crippen LogP contribution in [-0.2, 0) is 0 Å². The van der Waals surface area contributed by atoms with Crippen LogP contribution in [0.2, 0.25) is 5.02 Å². The summed E-state index contributed by atoms with van der Waals surface area (Å²) in [7, 11) is 1.34. The van der Waals surface area contributed by atoms with E-state index in [4.69, 9.17) is 16.3 Å². The van der Waals surface area contributed by atoms with Crippen molar-refractivity contribution in [2.45, 2.75) is 0 Å². The van der Waals surface area contributed by atoms with Gasteiger partial charge in [-0.3, -0.25) is 19.8 Å². The predicted octanol–water partition coefficient (Wildman–Crippen LogP) is 5.21. The second-order valence-electron chi connectivity index (χ2n) is 5.87. The lowest BCUT2D eigenvalue weighted by Crippen LogP contribution is -2.31. The highest BCUT2D eigenvalue weighted by molar-refractivity contribution is 7.14. The minimum absolute atomic E-state index is 0.0843. The topological polar surface area (TPSA) is 85.6 Å². The zero-order chi connectivity index (χ0) is 21.0. The first-order valence-corrected chi connectivity index (χ1v) is 9.67. The Hall–Kier alpha value is -3.23. The number of ether oxygens (including phenoxy) is 1. The van der Waals surface area contributed by atoms with E-state index in [9.17, 15) is 14.9 Å². The lowest BCUT2D eigenvalue weighted by Gasteiger charge is -2.18. The number of hydrogen-bond acceptors (Lipinski definition) is 6. The van der Waals surface area contributed by atoms with Crippen LogP contribution in [0, 0.1) is 10.1 Å². The van der Waals surface area contributed by atoms with E-state index in [1.807, 2.05) is 17.5 Å². The van der Waals surface area contributed by atoms with E-state index in [1.54, 1.807) is 18.2 Å². The highest BCUT2D eigenvalue weighted by atomic mass is 35.5. The van der Waals surface area contributed by atoms with E-state index in [2.05, 4.69) is 11.6 Å². The summed E-state index contributed by atoms with van der Waals surface area (Å²) in [6.07, 6.45) is 1.57. The SMILES string of the molecule is C=CCN(C(=O)c1ccc(OC)c([N+](=O)[O-])c1)c1nc(-c2ccc(Cl)cc2)cs1. The molecular weight excluding hydrogens is 414 g/mol. The minimum Gasteiger partial charge on any atom is -0.490 e. The molecule has 7 nitrogen and oxygen atoms in total. The smallest absolute Gasteiger partial charge is 0.311 e. The second kappa shape index (κ2) is 8.85. The molecule has 9 heteroatoms. The van der Waals surface area contributed by atoms with Gasteiger partial charge in [-0.1, -0.05) is 29.8 Å². The Morgan fingerprint density at radius 1 is 1.34 bits per heavy atom. The third-order valence-corrected chi connectivity index (χ3v) is 5.16. The van der Waals surface area contributed by atoms with Gasteiger partial charge in [-0.25, -0.2) is 4.98 Å². The van der Waals surface area contributed by atoms with Crippen LogP contribution in [0.15, 0.2) is 60.5 Å². The second-order valence-corrected chi connectivity index (χ2v) is 7.14. The molecule has 1 amide bonds. The summed E-state index contributed by atoms with van der Waals surface area (Å²) in [6.45, 7) is 3.89. The number of nitrogens with zero attached hydrogens (tertiary/aromatic N) is 3. The fraction of sp³-hybridized carbons (Fsp3) is 0.100. The first-order chi connectivity index (χ1) is 13.9. The summed E-state index contributed by atoms with van der Waals surface area (Å²) in [4.78, 5) is 29.7. The largest absolute Gasteiger partial charge is 0.490 e. The Bertz CT molecular complexity index is 1070. The van der Waals surface area contributed by atoms with Crippen LogP contribution in [0.1, 0.15) is 10.4 Å². The molecule has 3 rings (SSSR count). The third kappa shape index (κ3) is 4.44. The van der Waals surface area contributed by atoms with Gasteiger partial charge in [-0.15, -0.1) is 17.9 Å². The predicted molar refractivity (Wildman–Crippen MR) is 114 cm³/mol. The highest BCUT2D eigenvalue weighted by Crippen LogP contribution is 2.31. The normalized spacial score (nSPS) is 10.4. The first-order valence-electron chi connectivity index (χ1n) is 8.41. The number of methoxy groups -OCH3 is 1. The summed E-state index contributed by atoms with van der Waals surface area (Å²) < 4.78 is 4.99. The molecule has 0 saturated carbocycles. The molecule has 0 bridgehead atoms. The maximum Gasteiger partial charge on any atom is 0.311 e. The van der Waals surface area contributed by atoms with Crippen LogP contribution in [0.5, 0.6) is 5.75 Å². The molecule has 148 valence electrons. The van der Waals surface area contributed by atoms with Gasteiger partial charge in [0.15, 0.2) is 10.9 Å². The van der Waals surface area contributed by atoms with Gasteiger partial charge >= 0.3 is 5.69 Å². The summed E-state index contributed by atoms with van der Waals surface area (Å²) in [5, 5.41) is 14.2. The van der Waals surface area contributed by atoms with Crippen molar-refractivity contribution >= 4 is 39.7 Å². The quantitative estimate of drug-likeness (QED) is 0.292. The Morgan fingerprint density at radius 3 is 2.69 bits per heavy atom. The number of nitro benzene ring substituents is 1. The maximum atomic E-state index is 13.1. The lowest BCUT2D eigenvalue weighted by molar-refractivity contribution is -0.385. The van der Waals surface area contributed by atoms with Gasteiger partial charge in [0.1, 0.15) is 0 Å². The molecule has 0 saturated heterocycles. The Labute approximate surface area is 176 Å². The van der Waals surface area contributed by atoms with Crippen molar-refractivity contribution in [1.82, 2.24) is 4.98 Å². The molecule has 2 aromatic carbocycles. The Kier molecular flexibility index (Phi) is 6.26. The number of carbonyl (C=O) groups is 1. The molecule has 0 radical (unpaired) electrons. The standard InChI is InChI=1S/C20H16ClN3O4S/c1-3-10-23(19(25)14-6-9-18(28-2)17(11-14)24(26)27)20-22-16(12-29-20)13-4-7-15(21)8-5-13/h3-9,11-12H,1,10H2,2H3. The van der Waals surface area contributed by atoms with Crippen LogP contribution in [-0.4, -0.2) is 29.5 Å². The Balaban J connectivity index is 1.95. The molecule has 0 fully saturated rings. The monoisotopic (exact) mass is 429 g/mol. The molecule has 1 heterocycles. The third-order valence-electron chi connectivity index (χ3n) is 4.04. The van der Waals surface area contributed by atoms with Gasteiger partial charge in [-0.2, -0.15) is 0 Å². The molecule has 0 aliphatic carbocycles. The highest BCUT2D eigenvalue weighted by Gasteiger charge is 2.24. The summed E-state index contributed by atoms with van der Waals surface area (Å²) >= 11 is 7.22. The zero-order valence-electron chi connectivity index (χ0n) is 15.4. The number of amides is 1. The van der Waals surface area contributed by atoms with Crippen molar-refractivity contribution in [2.75, 3.05) is 18.6 Å². The number of halogens is 1. The number of benzene rings is 2. The molecular formula is C20H16ClN3O4S. The molecule has 0 N–H and O–H groups in total. The number of aromatic nitrogens is 1. The molecule has 0 unspecified atom stereocenters. The van der Waals surface area contributed by atoms with Gasteiger partial charge in [0.25, 0.3) is 5.91 Å². The summed E-state index contributed by atoms with van der Waals surface area (Å²) in [5.41, 5.74) is 1.44. The van der Waals surface area contributed by atoms with Gasteiger partial charge in [0.05, 0.1) is 17.7 Å². The van der Waals surface area contributed by atoms with E-state index < -0.39 is 10.8 Å². The van der Waals surface area contributed by atoms with Gasteiger partial charge < -0.3 is 4.74 Å². The van der Waals surface area contributed by atoms with E-state index in [-0.39, 0.29) is 23.5 Å². The van der Waals surface area contributed by atoms with Crippen molar-refractivity contribution in [3.8, 4) is 17.0 Å². The molecule has 0 atom stereocenters. The minimum atomic E-state index is -0.588. The molecule has 0 spiro atoms. The van der Waals surface area contributed by atoms with Gasteiger partial charge in [0.2, 0.25) is 0 Å². The van der Waals surface area contributed by atoms with Crippen LogP contribution in [0.3, 0.4) is 0 Å². The maximum absolute atomic E-state index is 13.1. The van der Waals surface area contributed by atoms with Gasteiger partial charge in [0, 0.05) is 34.1 Å². The first kappa shape index (κ1) is 20.5. The lowest BCUT2D eigenvalue weighted by atomic mass is 10.1. The Morgan fingerprint density at radius 2 is 2.07 bits per heavy atom. The van der Waals surface area contributed by atoms with Crippen molar-refractivity contribution in [1.29, 1.82) is 0 Å². The fourth-order valence-electron chi connectivity index (χ4n) is 2.64.